The highest BCUT2D eigenvalue weighted by molar-refractivity contribution is 5.96. The number of methoxy groups -OCH3 is 1. The zero-order chi connectivity index (χ0) is 14.5. The molecule has 0 radical (unpaired) electrons. The number of nitrogen functional groups attached to an aromatic ring is 1. The molecule has 0 spiro atoms. The first kappa shape index (κ1) is 13.5. The highest BCUT2D eigenvalue weighted by atomic mass is 16.6. The van der Waals surface area contributed by atoms with E-state index < -0.39 is 11.9 Å². The molecule has 0 atom stereocenters. The summed E-state index contributed by atoms with van der Waals surface area (Å²) in [7, 11) is 1.31. The smallest absolute Gasteiger partial charge is 0.337 e. The zero-order valence-corrected chi connectivity index (χ0v) is 10.6. The maximum atomic E-state index is 11.7. The van der Waals surface area contributed by atoms with Crippen LogP contribution in [0.2, 0.25) is 0 Å². The summed E-state index contributed by atoms with van der Waals surface area (Å²) >= 11 is 0. The Labute approximate surface area is 113 Å². The molecule has 0 fully saturated rings. The van der Waals surface area contributed by atoms with Crippen molar-refractivity contribution in [1.82, 2.24) is 15.6 Å². The van der Waals surface area contributed by atoms with Crippen molar-refractivity contribution in [1.29, 1.82) is 0 Å². The molecular formula is C12H12N4O4. The first-order valence-electron chi connectivity index (χ1n) is 5.65. The van der Waals surface area contributed by atoms with Gasteiger partial charge in [0.2, 0.25) is 11.5 Å². The number of anilines is 1. The van der Waals surface area contributed by atoms with Gasteiger partial charge in [-0.3, -0.25) is 4.79 Å². The molecular weight excluding hydrogens is 264 g/mol. The number of amides is 1. The standard InChI is InChI=1S/C12H12N4O4/c1-19-12(18)8-4-2-7(3-5-8)6-14-11(17)9-10(13)16-20-15-9/h2-5H,6H2,1H3,(H2,13,16)(H,14,17). The van der Waals surface area contributed by atoms with E-state index in [4.69, 9.17) is 5.73 Å². The van der Waals surface area contributed by atoms with Crippen LogP contribution >= 0.6 is 0 Å². The molecule has 104 valence electrons. The van der Waals surface area contributed by atoms with Crippen LogP contribution in [-0.2, 0) is 11.3 Å². The monoisotopic (exact) mass is 276 g/mol. The van der Waals surface area contributed by atoms with Gasteiger partial charge in [0, 0.05) is 6.54 Å². The number of esters is 1. The van der Waals surface area contributed by atoms with Crippen LogP contribution in [0.4, 0.5) is 5.82 Å². The number of nitrogens with zero attached hydrogens (tertiary/aromatic N) is 2. The van der Waals surface area contributed by atoms with Crippen molar-refractivity contribution < 1.29 is 19.0 Å². The van der Waals surface area contributed by atoms with E-state index in [1.807, 2.05) is 0 Å². The second-order valence-corrected chi connectivity index (χ2v) is 3.87. The number of nitrogens with one attached hydrogen (secondary N) is 1. The lowest BCUT2D eigenvalue weighted by atomic mass is 10.1. The van der Waals surface area contributed by atoms with Crippen LogP contribution in [0.1, 0.15) is 26.4 Å². The normalized spacial score (nSPS) is 10.1. The van der Waals surface area contributed by atoms with Gasteiger partial charge < -0.3 is 15.8 Å². The van der Waals surface area contributed by atoms with Gasteiger partial charge in [0.25, 0.3) is 5.91 Å². The summed E-state index contributed by atoms with van der Waals surface area (Å²) < 4.78 is 8.92. The summed E-state index contributed by atoms with van der Waals surface area (Å²) in [5, 5.41) is 9.31. The molecule has 1 aromatic carbocycles. The van der Waals surface area contributed by atoms with Gasteiger partial charge in [-0.05, 0) is 28.0 Å². The van der Waals surface area contributed by atoms with Gasteiger partial charge in [-0.2, -0.15) is 0 Å². The molecule has 0 unspecified atom stereocenters. The van der Waals surface area contributed by atoms with Crippen molar-refractivity contribution in [2.75, 3.05) is 12.8 Å². The van der Waals surface area contributed by atoms with Gasteiger partial charge in [0.1, 0.15) is 0 Å². The Morgan fingerprint density at radius 2 is 2.00 bits per heavy atom. The van der Waals surface area contributed by atoms with E-state index in [0.29, 0.717) is 5.56 Å². The predicted molar refractivity (Wildman–Crippen MR) is 67.7 cm³/mol. The molecule has 0 saturated carbocycles. The summed E-state index contributed by atoms with van der Waals surface area (Å²) in [6.07, 6.45) is 0. The third kappa shape index (κ3) is 2.91. The van der Waals surface area contributed by atoms with E-state index in [0.717, 1.165) is 5.56 Å². The van der Waals surface area contributed by atoms with Crippen molar-refractivity contribution in [3.8, 4) is 0 Å². The van der Waals surface area contributed by atoms with Crippen molar-refractivity contribution in [2.45, 2.75) is 6.54 Å². The second kappa shape index (κ2) is 5.83. The Morgan fingerprint density at radius 3 is 2.55 bits per heavy atom. The zero-order valence-electron chi connectivity index (χ0n) is 10.6. The molecule has 8 nitrogen and oxygen atoms in total. The lowest BCUT2D eigenvalue weighted by Gasteiger charge is -2.04. The number of benzene rings is 1. The number of carbonyl (C=O) groups excluding carboxylic acids is 2. The van der Waals surface area contributed by atoms with Crippen LogP contribution in [0.3, 0.4) is 0 Å². The second-order valence-electron chi connectivity index (χ2n) is 3.87. The minimum atomic E-state index is -0.485. The van der Waals surface area contributed by atoms with Crippen LogP contribution in [-0.4, -0.2) is 29.3 Å². The highest BCUT2D eigenvalue weighted by Gasteiger charge is 2.15. The molecule has 2 rings (SSSR count). The minimum Gasteiger partial charge on any atom is -0.465 e. The van der Waals surface area contributed by atoms with Gasteiger partial charge in [-0.15, -0.1) is 0 Å². The average Bonchev–Trinajstić information content (AvgIpc) is 2.90. The Balaban J connectivity index is 1.96. The molecule has 0 saturated heterocycles. The molecule has 1 heterocycles. The quantitative estimate of drug-likeness (QED) is 0.774. The Morgan fingerprint density at radius 1 is 1.30 bits per heavy atom. The van der Waals surface area contributed by atoms with Crippen LogP contribution < -0.4 is 11.1 Å². The van der Waals surface area contributed by atoms with E-state index in [1.165, 1.54) is 7.11 Å². The van der Waals surface area contributed by atoms with Crippen LogP contribution in [0.15, 0.2) is 28.9 Å². The fourth-order valence-corrected chi connectivity index (χ4v) is 1.50. The van der Waals surface area contributed by atoms with E-state index >= 15 is 0 Å². The molecule has 20 heavy (non-hydrogen) atoms. The van der Waals surface area contributed by atoms with E-state index in [-0.39, 0.29) is 18.1 Å². The van der Waals surface area contributed by atoms with E-state index in [2.05, 4.69) is 25.0 Å². The molecule has 1 aromatic heterocycles. The predicted octanol–water partition coefficient (Wildman–Crippen LogP) is 0.368. The number of hydrogen-bond acceptors (Lipinski definition) is 7. The maximum absolute atomic E-state index is 11.7. The summed E-state index contributed by atoms with van der Waals surface area (Å²) in [4.78, 5) is 22.9. The molecule has 3 N–H and O–H groups in total. The largest absolute Gasteiger partial charge is 0.465 e. The van der Waals surface area contributed by atoms with Crippen LogP contribution in [0, 0.1) is 0 Å². The SMILES string of the molecule is COC(=O)c1ccc(CNC(=O)c2nonc2N)cc1. The molecule has 8 heteroatoms. The Kier molecular flexibility index (Phi) is 3.94. The lowest BCUT2D eigenvalue weighted by Crippen LogP contribution is -2.24. The number of carbonyl (C=O) groups is 2. The van der Waals surface area contributed by atoms with Gasteiger partial charge in [0.05, 0.1) is 12.7 Å². The minimum absolute atomic E-state index is 0.0591. The number of nitrogens with two attached hydrogens (primary N) is 1. The Bertz CT molecular complexity index is 621. The number of ether oxygens (including phenoxy) is 1. The Hall–Kier alpha value is -2.90. The van der Waals surface area contributed by atoms with Crippen LogP contribution in [0.25, 0.3) is 0 Å². The topological polar surface area (TPSA) is 120 Å². The van der Waals surface area contributed by atoms with Crippen molar-refractivity contribution in [3.05, 3.63) is 41.1 Å². The first-order valence-corrected chi connectivity index (χ1v) is 5.65. The number of rotatable bonds is 4. The van der Waals surface area contributed by atoms with Crippen LogP contribution in [0.5, 0.6) is 0 Å². The van der Waals surface area contributed by atoms with E-state index in [1.54, 1.807) is 24.3 Å². The molecule has 0 aliphatic heterocycles. The molecule has 1 amide bonds. The number of aromatic nitrogens is 2. The van der Waals surface area contributed by atoms with Gasteiger partial charge >= 0.3 is 5.97 Å². The molecule has 0 aliphatic rings. The third-order valence-electron chi connectivity index (χ3n) is 2.56. The summed E-state index contributed by atoms with van der Waals surface area (Å²) in [6, 6.07) is 6.63. The highest BCUT2D eigenvalue weighted by Crippen LogP contribution is 2.07. The third-order valence-corrected chi connectivity index (χ3v) is 2.56. The van der Waals surface area contributed by atoms with Crippen molar-refractivity contribution in [2.24, 2.45) is 0 Å². The number of hydrogen-bond donors (Lipinski definition) is 2. The summed E-state index contributed by atoms with van der Waals surface area (Å²) in [6.45, 7) is 0.257. The molecule has 0 aliphatic carbocycles. The van der Waals surface area contributed by atoms with E-state index in [9.17, 15) is 9.59 Å². The first-order chi connectivity index (χ1) is 9.61. The fourth-order valence-electron chi connectivity index (χ4n) is 1.50. The van der Waals surface area contributed by atoms with Crippen molar-refractivity contribution >= 4 is 17.7 Å². The fraction of sp³-hybridized carbons (Fsp3) is 0.167. The molecule has 0 bridgehead atoms. The summed E-state index contributed by atoms with van der Waals surface area (Å²) in [5.74, 6) is -0.966. The molecule has 2 aromatic rings. The van der Waals surface area contributed by atoms with Gasteiger partial charge in [0.15, 0.2) is 0 Å². The van der Waals surface area contributed by atoms with Gasteiger partial charge in [-0.25, -0.2) is 9.42 Å². The van der Waals surface area contributed by atoms with Gasteiger partial charge in [-0.1, -0.05) is 12.1 Å². The lowest BCUT2D eigenvalue weighted by molar-refractivity contribution is 0.0600. The maximum Gasteiger partial charge on any atom is 0.337 e. The summed E-state index contributed by atoms with van der Waals surface area (Å²) in [5.41, 5.74) is 6.58. The van der Waals surface area contributed by atoms with Crippen molar-refractivity contribution in [3.63, 3.8) is 0 Å². The average molecular weight is 276 g/mol.